The van der Waals surface area contributed by atoms with Gasteiger partial charge in [0.15, 0.2) is 0 Å². The highest BCUT2D eigenvalue weighted by Gasteiger charge is 2.18. The summed E-state index contributed by atoms with van der Waals surface area (Å²) in [5, 5.41) is 0.920. The Balaban J connectivity index is 1.75. The zero-order valence-corrected chi connectivity index (χ0v) is 20.9. The van der Waals surface area contributed by atoms with Crippen LogP contribution in [0.5, 0.6) is 11.5 Å². The second kappa shape index (κ2) is 10.8. The van der Waals surface area contributed by atoms with Crippen LogP contribution in [-0.4, -0.2) is 30.2 Å². The molecular weight excluding hydrogens is 487 g/mol. The molecule has 0 bridgehead atoms. The first kappa shape index (κ1) is 24.5. The molecule has 4 aromatic rings. The maximum absolute atomic E-state index is 12.2. The average molecular weight is 509 g/mol. The summed E-state index contributed by atoms with van der Waals surface area (Å²) >= 11 is 12.9. The molecule has 2 aromatic heterocycles. The summed E-state index contributed by atoms with van der Waals surface area (Å²) in [6.45, 7) is 2.22. The molecule has 2 heterocycles. The lowest BCUT2D eigenvalue weighted by atomic mass is 10.0. The van der Waals surface area contributed by atoms with E-state index in [9.17, 15) is 4.79 Å². The Bertz CT molecular complexity index is 1370. The molecule has 178 valence electrons. The topological polar surface area (TPSA) is 70.5 Å². The highest BCUT2D eigenvalue weighted by Crippen LogP contribution is 2.37. The van der Waals surface area contributed by atoms with Crippen LogP contribution in [-0.2, 0) is 11.3 Å². The summed E-state index contributed by atoms with van der Waals surface area (Å²) in [5.41, 5.74) is 4.42. The van der Waals surface area contributed by atoms with Gasteiger partial charge in [-0.05, 0) is 60.5 Å². The van der Waals surface area contributed by atoms with Crippen LogP contribution < -0.4 is 9.47 Å². The highest BCUT2D eigenvalue weighted by molar-refractivity contribution is 6.33. The third kappa shape index (κ3) is 5.56. The van der Waals surface area contributed by atoms with Crippen molar-refractivity contribution in [2.75, 3.05) is 14.2 Å². The molecule has 2 aromatic carbocycles. The monoisotopic (exact) mass is 508 g/mol. The maximum Gasteiger partial charge on any atom is 0.356 e. The van der Waals surface area contributed by atoms with E-state index in [-0.39, 0.29) is 5.69 Å². The van der Waals surface area contributed by atoms with Crippen LogP contribution in [0.1, 0.15) is 21.6 Å². The Kier molecular flexibility index (Phi) is 7.54. The van der Waals surface area contributed by atoms with Crippen molar-refractivity contribution in [2.45, 2.75) is 13.5 Å². The van der Waals surface area contributed by atoms with Gasteiger partial charge in [-0.1, -0.05) is 41.4 Å². The van der Waals surface area contributed by atoms with Crippen molar-refractivity contribution in [3.05, 3.63) is 93.7 Å². The van der Waals surface area contributed by atoms with E-state index in [1.807, 2.05) is 37.3 Å². The van der Waals surface area contributed by atoms with Crippen LogP contribution in [0.15, 0.2) is 66.9 Å². The molecule has 6 nitrogen and oxygen atoms in total. The molecule has 0 aliphatic rings. The van der Waals surface area contributed by atoms with Crippen LogP contribution in [0.25, 0.3) is 22.5 Å². The SMILES string of the molecule is COC(=O)c1ccc(-c2ncc(C)cc2Cl)c(-c2ccc(Cl)c(OCc3ccc(OC)cc3)c2)n1. The average Bonchev–Trinajstić information content (AvgIpc) is 2.88. The molecule has 0 unspecified atom stereocenters. The Labute approximate surface area is 213 Å². The fraction of sp³-hybridized carbons (Fsp3) is 0.148. The second-order valence-corrected chi connectivity index (χ2v) is 8.52. The zero-order valence-electron chi connectivity index (χ0n) is 19.3. The summed E-state index contributed by atoms with van der Waals surface area (Å²) in [4.78, 5) is 21.3. The van der Waals surface area contributed by atoms with Crippen molar-refractivity contribution in [1.29, 1.82) is 0 Å². The van der Waals surface area contributed by atoms with E-state index in [0.717, 1.165) is 16.9 Å². The third-order valence-corrected chi connectivity index (χ3v) is 5.88. The Morgan fingerprint density at radius 1 is 0.914 bits per heavy atom. The van der Waals surface area contributed by atoms with Gasteiger partial charge >= 0.3 is 5.97 Å². The lowest BCUT2D eigenvalue weighted by molar-refractivity contribution is 0.0594. The Morgan fingerprint density at radius 3 is 2.37 bits per heavy atom. The van der Waals surface area contributed by atoms with Crippen LogP contribution in [0.4, 0.5) is 0 Å². The molecular formula is C27H22Cl2N2O4. The number of halogens is 2. The van der Waals surface area contributed by atoms with E-state index in [1.165, 1.54) is 7.11 Å². The predicted octanol–water partition coefficient (Wildman–Crippen LogP) is 6.80. The first-order chi connectivity index (χ1) is 16.9. The maximum atomic E-state index is 12.2. The molecule has 0 aliphatic carbocycles. The molecule has 0 radical (unpaired) electrons. The van der Waals surface area contributed by atoms with Crippen LogP contribution in [0.2, 0.25) is 10.0 Å². The highest BCUT2D eigenvalue weighted by atomic mass is 35.5. The van der Waals surface area contributed by atoms with Crippen LogP contribution in [0, 0.1) is 6.92 Å². The number of hydrogen-bond acceptors (Lipinski definition) is 6. The van der Waals surface area contributed by atoms with E-state index in [2.05, 4.69) is 9.97 Å². The van der Waals surface area contributed by atoms with E-state index < -0.39 is 5.97 Å². The van der Waals surface area contributed by atoms with Gasteiger partial charge in [0.2, 0.25) is 0 Å². The first-order valence-corrected chi connectivity index (χ1v) is 11.4. The number of rotatable bonds is 7. The number of esters is 1. The minimum Gasteiger partial charge on any atom is -0.497 e. The number of nitrogens with zero attached hydrogens (tertiary/aromatic N) is 2. The van der Waals surface area contributed by atoms with Crippen molar-refractivity contribution in [1.82, 2.24) is 9.97 Å². The zero-order chi connectivity index (χ0) is 24.9. The van der Waals surface area contributed by atoms with Crippen molar-refractivity contribution < 1.29 is 19.0 Å². The van der Waals surface area contributed by atoms with E-state index in [4.69, 9.17) is 37.4 Å². The van der Waals surface area contributed by atoms with Crippen LogP contribution in [0.3, 0.4) is 0 Å². The number of carbonyl (C=O) groups is 1. The molecule has 0 fully saturated rings. The van der Waals surface area contributed by atoms with E-state index in [0.29, 0.717) is 44.9 Å². The van der Waals surface area contributed by atoms with Gasteiger partial charge in [0.25, 0.3) is 0 Å². The molecule has 4 rings (SSSR count). The van der Waals surface area contributed by atoms with Gasteiger partial charge in [-0.2, -0.15) is 0 Å². The summed E-state index contributed by atoms with van der Waals surface area (Å²) in [7, 11) is 2.93. The van der Waals surface area contributed by atoms with Crippen molar-refractivity contribution in [2.24, 2.45) is 0 Å². The summed E-state index contributed by atoms with van der Waals surface area (Å²) in [6, 6.07) is 18.0. The molecule has 35 heavy (non-hydrogen) atoms. The number of carbonyl (C=O) groups excluding carboxylic acids is 1. The fourth-order valence-corrected chi connectivity index (χ4v) is 3.96. The van der Waals surface area contributed by atoms with Gasteiger partial charge < -0.3 is 14.2 Å². The van der Waals surface area contributed by atoms with Gasteiger partial charge in [-0.15, -0.1) is 0 Å². The van der Waals surface area contributed by atoms with Gasteiger partial charge in [-0.25, -0.2) is 9.78 Å². The minimum absolute atomic E-state index is 0.158. The van der Waals surface area contributed by atoms with Gasteiger partial charge in [0.1, 0.15) is 23.8 Å². The minimum atomic E-state index is -0.550. The van der Waals surface area contributed by atoms with Crippen LogP contribution >= 0.6 is 23.2 Å². The molecule has 0 spiro atoms. The second-order valence-electron chi connectivity index (χ2n) is 7.71. The number of methoxy groups -OCH3 is 2. The summed E-state index contributed by atoms with van der Waals surface area (Å²) < 4.78 is 16.1. The lowest BCUT2D eigenvalue weighted by Gasteiger charge is -2.14. The van der Waals surface area contributed by atoms with Crippen molar-refractivity contribution >= 4 is 29.2 Å². The first-order valence-electron chi connectivity index (χ1n) is 10.7. The predicted molar refractivity (Wildman–Crippen MR) is 136 cm³/mol. The van der Waals surface area contributed by atoms with Gasteiger partial charge in [0, 0.05) is 17.3 Å². The number of pyridine rings is 2. The Morgan fingerprint density at radius 2 is 1.69 bits per heavy atom. The standard InChI is InChI=1S/C27H22Cl2N2O4/c1-16-12-22(29)26(30-14-16)20-9-11-23(27(32)34-3)31-25(20)18-6-10-21(28)24(13-18)35-15-17-4-7-19(33-2)8-5-17/h4-14H,15H2,1-3H3. The molecule has 0 amide bonds. The molecule has 0 saturated heterocycles. The van der Waals surface area contributed by atoms with Crippen molar-refractivity contribution in [3.8, 4) is 34.0 Å². The number of aryl methyl sites for hydroxylation is 1. The Hall–Kier alpha value is -3.61. The quantitative estimate of drug-likeness (QED) is 0.255. The van der Waals surface area contributed by atoms with E-state index in [1.54, 1.807) is 43.6 Å². The summed E-state index contributed by atoms with van der Waals surface area (Å²) in [6.07, 6.45) is 1.73. The molecule has 0 saturated carbocycles. The smallest absolute Gasteiger partial charge is 0.356 e. The molecule has 8 heteroatoms. The fourth-order valence-electron chi connectivity index (χ4n) is 3.46. The van der Waals surface area contributed by atoms with E-state index >= 15 is 0 Å². The number of ether oxygens (including phenoxy) is 3. The van der Waals surface area contributed by atoms with Gasteiger partial charge in [-0.3, -0.25) is 4.98 Å². The third-order valence-electron chi connectivity index (χ3n) is 5.28. The van der Waals surface area contributed by atoms with Crippen molar-refractivity contribution in [3.63, 3.8) is 0 Å². The normalized spacial score (nSPS) is 10.7. The lowest BCUT2D eigenvalue weighted by Crippen LogP contribution is -2.06. The number of aromatic nitrogens is 2. The number of hydrogen-bond donors (Lipinski definition) is 0. The largest absolute Gasteiger partial charge is 0.497 e. The van der Waals surface area contributed by atoms with Gasteiger partial charge in [0.05, 0.1) is 35.7 Å². The molecule has 0 atom stereocenters. The number of benzene rings is 2. The molecule has 0 N–H and O–H groups in total. The molecule has 0 aliphatic heterocycles. The summed E-state index contributed by atoms with van der Waals surface area (Å²) in [5.74, 6) is 0.686.